The fraction of sp³-hybridized carbons (Fsp3) is 0.636. The van der Waals surface area contributed by atoms with E-state index in [1.165, 1.54) is 0 Å². The zero-order valence-corrected chi connectivity index (χ0v) is 11.1. The van der Waals surface area contributed by atoms with E-state index in [0.717, 1.165) is 5.69 Å². The monoisotopic (exact) mass is 250 g/mol. The van der Waals surface area contributed by atoms with Gasteiger partial charge in [-0.25, -0.2) is 4.68 Å². The molecule has 0 fully saturated rings. The van der Waals surface area contributed by atoms with E-state index in [-0.39, 0.29) is 11.8 Å². The van der Waals surface area contributed by atoms with Crippen molar-refractivity contribution in [3.63, 3.8) is 0 Å². The molecule has 0 amide bonds. The van der Waals surface area contributed by atoms with Gasteiger partial charge in [-0.15, -0.1) is 5.10 Å². The Balaban J connectivity index is 2.23. The molecule has 2 aromatic rings. The molecule has 0 saturated heterocycles. The van der Waals surface area contributed by atoms with Crippen LogP contribution in [0.25, 0.3) is 0 Å². The maximum atomic E-state index is 5.79. The highest BCUT2D eigenvalue weighted by Gasteiger charge is 2.16. The molecule has 0 aliphatic rings. The van der Waals surface area contributed by atoms with Gasteiger partial charge in [0.15, 0.2) is 11.6 Å². The molecule has 0 aliphatic carbocycles. The Kier molecular flexibility index (Phi) is 3.31. The lowest BCUT2D eigenvalue weighted by atomic mass is 10.1. The third kappa shape index (κ3) is 2.34. The van der Waals surface area contributed by atoms with Crippen LogP contribution >= 0.6 is 0 Å². The van der Waals surface area contributed by atoms with Crippen LogP contribution < -0.4 is 5.73 Å². The highest BCUT2D eigenvalue weighted by molar-refractivity contribution is 5.35. The minimum atomic E-state index is 0.219. The van der Waals surface area contributed by atoms with Crippen LogP contribution in [0.1, 0.15) is 56.9 Å². The maximum absolute atomic E-state index is 5.79. The molecule has 2 N–H and O–H groups in total. The van der Waals surface area contributed by atoms with Crippen molar-refractivity contribution in [3.05, 3.63) is 17.4 Å². The molecule has 0 unspecified atom stereocenters. The first kappa shape index (κ1) is 12.5. The standard InChI is InChI=1S/C11H18N6O/c1-6(2)9-10(12)14-16-17(9)5-8-13-11(7(3)4)18-15-8/h6-7H,5,12H2,1-4H3. The molecule has 0 aromatic carbocycles. The Morgan fingerprint density at radius 1 is 1.22 bits per heavy atom. The summed E-state index contributed by atoms with van der Waals surface area (Å²) in [6.07, 6.45) is 0. The minimum absolute atomic E-state index is 0.219. The van der Waals surface area contributed by atoms with Crippen LogP contribution in [0.3, 0.4) is 0 Å². The quantitative estimate of drug-likeness (QED) is 0.884. The molecule has 7 heteroatoms. The number of rotatable bonds is 4. The fourth-order valence-electron chi connectivity index (χ4n) is 1.74. The van der Waals surface area contributed by atoms with Crippen LogP contribution in [0.15, 0.2) is 4.52 Å². The Labute approximate surface area is 105 Å². The zero-order valence-electron chi connectivity index (χ0n) is 11.1. The molecule has 98 valence electrons. The van der Waals surface area contributed by atoms with Crippen molar-refractivity contribution in [1.82, 2.24) is 25.1 Å². The first-order valence-electron chi connectivity index (χ1n) is 6.00. The molecule has 2 aromatic heterocycles. The number of hydrogen-bond acceptors (Lipinski definition) is 6. The van der Waals surface area contributed by atoms with Crippen LogP contribution in [-0.4, -0.2) is 25.1 Å². The summed E-state index contributed by atoms with van der Waals surface area (Å²) in [5, 5.41) is 11.8. The third-order valence-corrected chi connectivity index (χ3v) is 2.62. The number of anilines is 1. The number of nitrogens with two attached hydrogens (primary N) is 1. The first-order chi connectivity index (χ1) is 8.49. The second-order valence-electron chi connectivity index (χ2n) is 4.88. The number of hydrogen-bond donors (Lipinski definition) is 1. The van der Waals surface area contributed by atoms with Gasteiger partial charge < -0.3 is 10.3 Å². The van der Waals surface area contributed by atoms with E-state index in [9.17, 15) is 0 Å². The van der Waals surface area contributed by atoms with Gasteiger partial charge in [0.1, 0.15) is 6.54 Å². The van der Waals surface area contributed by atoms with Crippen LogP contribution in [-0.2, 0) is 6.54 Å². The van der Waals surface area contributed by atoms with Gasteiger partial charge >= 0.3 is 0 Å². The number of nitrogen functional groups attached to an aromatic ring is 1. The van der Waals surface area contributed by atoms with E-state index in [2.05, 4.69) is 20.5 Å². The van der Waals surface area contributed by atoms with Crippen molar-refractivity contribution >= 4 is 5.82 Å². The van der Waals surface area contributed by atoms with Crippen LogP contribution in [0, 0.1) is 0 Å². The predicted molar refractivity (Wildman–Crippen MR) is 66.0 cm³/mol. The maximum Gasteiger partial charge on any atom is 0.229 e. The lowest BCUT2D eigenvalue weighted by Crippen LogP contribution is -2.10. The van der Waals surface area contributed by atoms with Crippen molar-refractivity contribution in [2.24, 2.45) is 0 Å². The summed E-state index contributed by atoms with van der Waals surface area (Å²) in [6.45, 7) is 8.52. The summed E-state index contributed by atoms with van der Waals surface area (Å²) in [4.78, 5) is 4.31. The van der Waals surface area contributed by atoms with Gasteiger partial charge in [0.25, 0.3) is 0 Å². The Bertz CT molecular complexity index is 527. The molecule has 2 rings (SSSR count). The van der Waals surface area contributed by atoms with Crippen molar-refractivity contribution in [2.75, 3.05) is 5.73 Å². The molecule has 2 heterocycles. The van der Waals surface area contributed by atoms with Gasteiger partial charge in [-0.05, 0) is 5.92 Å². The summed E-state index contributed by atoms with van der Waals surface area (Å²) in [5.41, 5.74) is 6.69. The molecule has 0 spiro atoms. The highest BCUT2D eigenvalue weighted by atomic mass is 16.5. The topological polar surface area (TPSA) is 95.7 Å². The molecule has 0 atom stereocenters. The second kappa shape index (κ2) is 4.75. The van der Waals surface area contributed by atoms with Gasteiger partial charge in [0.2, 0.25) is 5.89 Å². The average Bonchev–Trinajstić information content (AvgIpc) is 2.86. The smallest absolute Gasteiger partial charge is 0.229 e. The normalized spacial score (nSPS) is 11.7. The first-order valence-corrected chi connectivity index (χ1v) is 6.00. The highest BCUT2D eigenvalue weighted by Crippen LogP contribution is 2.20. The zero-order chi connectivity index (χ0) is 13.3. The molecular weight excluding hydrogens is 232 g/mol. The summed E-state index contributed by atoms with van der Waals surface area (Å²) in [6, 6.07) is 0. The second-order valence-corrected chi connectivity index (χ2v) is 4.88. The number of nitrogens with zero attached hydrogens (tertiary/aromatic N) is 5. The summed E-state index contributed by atoms with van der Waals surface area (Å²) in [7, 11) is 0. The van der Waals surface area contributed by atoms with E-state index >= 15 is 0 Å². The van der Waals surface area contributed by atoms with Gasteiger partial charge in [-0.3, -0.25) is 0 Å². The van der Waals surface area contributed by atoms with E-state index in [1.807, 2.05) is 27.7 Å². The van der Waals surface area contributed by atoms with E-state index in [0.29, 0.717) is 24.1 Å². The predicted octanol–water partition coefficient (Wildman–Crippen LogP) is 1.54. The lowest BCUT2D eigenvalue weighted by molar-refractivity contribution is 0.358. The van der Waals surface area contributed by atoms with Crippen LogP contribution in [0.2, 0.25) is 0 Å². The van der Waals surface area contributed by atoms with Gasteiger partial charge in [-0.1, -0.05) is 38.1 Å². The van der Waals surface area contributed by atoms with Crippen molar-refractivity contribution in [3.8, 4) is 0 Å². The molecule has 0 bridgehead atoms. The summed E-state index contributed by atoms with van der Waals surface area (Å²) in [5.74, 6) is 2.14. The van der Waals surface area contributed by atoms with Gasteiger partial charge in [0, 0.05) is 5.92 Å². The Morgan fingerprint density at radius 3 is 2.50 bits per heavy atom. The van der Waals surface area contributed by atoms with E-state index < -0.39 is 0 Å². The number of aromatic nitrogens is 5. The molecule has 0 radical (unpaired) electrons. The van der Waals surface area contributed by atoms with Gasteiger partial charge in [0.05, 0.1) is 5.69 Å². The molecule has 7 nitrogen and oxygen atoms in total. The van der Waals surface area contributed by atoms with Crippen molar-refractivity contribution in [2.45, 2.75) is 46.1 Å². The van der Waals surface area contributed by atoms with Crippen LogP contribution in [0.5, 0.6) is 0 Å². The average molecular weight is 250 g/mol. The van der Waals surface area contributed by atoms with Crippen LogP contribution in [0.4, 0.5) is 5.82 Å². The fourth-order valence-corrected chi connectivity index (χ4v) is 1.74. The Hall–Kier alpha value is -1.92. The molecular formula is C11H18N6O. The van der Waals surface area contributed by atoms with Gasteiger partial charge in [-0.2, -0.15) is 4.98 Å². The summed E-state index contributed by atoms with van der Waals surface area (Å²) >= 11 is 0. The Morgan fingerprint density at radius 2 is 1.94 bits per heavy atom. The van der Waals surface area contributed by atoms with Crippen molar-refractivity contribution < 1.29 is 4.52 Å². The molecule has 0 saturated carbocycles. The lowest BCUT2D eigenvalue weighted by Gasteiger charge is -2.07. The van der Waals surface area contributed by atoms with E-state index in [4.69, 9.17) is 10.3 Å². The van der Waals surface area contributed by atoms with Crippen molar-refractivity contribution in [1.29, 1.82) is 0 Å². The largest absolute Gasteiger partial charge is 0.381 e. The molecule has 18 heavy (non-hydrogen) atoms. The molecule has 0 aliphatic heterocycles. The van der Waals surface area contributed by atoms with E-state index in [1.54, 1.807) is 4.68 Å². The summed E-state index contributed by atoms with van der Waals surface area (Å²) < 4.78 is 6.87. The minimum Gasteiger partial charge on any atom is -0.381 e. The third-order valence-electron chi connectivity index (χ3n) is 2.62. The SMILES string of the molecule is CC(C)c1nc(Cn2nnc(N)c2C(C)C)no1.